The van der Waals surface area contributed by atoms with Gasteiger partial charge in [-0.3, -0.25) is 9.59 Å². The molecular weight excluding hydrogens is 320 g/mol. The summed E-state index contributed by atoms with van der Waals surface area (Å²) >= 11 is 3.12. The molecule has 0 heterocycles. The Hall–Kier alpha value is -2.09. The number of halogens is 1. The molecule has 0 radical (unpaired) electrons. The second-order valence-corrected chi connectivity index (χ2v) is 4.55. The topological polar surface area (TPSA) is 130 Å². The van der Waals surface area contributed by atoms with Crippen molar-refractivity contribution >= 4 is 39.5 Å². The SMILES string of the molecule is NC(=O)c1ccc(NC(CC(=O)O)C(=O)O)cc1Br. The highest BCUT2D eigenvalue weighted by molar-refractivity contribution is 9.10. The number of hydrogen-bond donors (Lipinski definition) is 4. The summed E-state index contributed by atoms with van der Waals surface area (Å²) in [5.41, 5.74) is 5.73. The average molecular weight is 331 g/mol. The lowest BCUT2D eigenvalue weighted by Crippen LogP contribution is -2.31. The first-order valence-corrected chi connectivity index (χ1v) is 5.91. The fourth-order valence-electron chi connectivity index (χ4n) is 1.38. The Morgan fingerprint density at radius 2 is 1.95 bits per heavy atom. The first-order valence-electron chi connectivity index (χ1n) is 5.11. The molecule has 8 heteroatoms. The summed E-state index contributed by atoms with van der Waals surface area (Å²) in [5.74, 6) is -3.14. The lowest BCUT2D eigenvalue weighted by molar-refractivity contribution is -0.144. The number of hydrogen-bond acceptors (Lipinski definition) is 4. The number of primary amides is 1. The molecule has 0 aliphatic heterocycles. The third-order valence-electron chi connectivity index (χ3n) is 2.25. The molecule has 19 heavy (non-hydrogen) atoms. The number of amides is 1. The van der Waals surface area contributed by atoms with Crippen LogP contribution in [0.1, 0.15) is 16.8 Å². The number of nitrogens with one attached hydrogen (secondary N) is 1. The van der Waals surface area contributed by atoms with Crippen LogP contribution in [0.3, 0.4) is 0 Å². The van der Waals surface area contributed by atoms with E-state index in [0.29, 0.717) is 10.2 Å². The van der Waals surface area contributed by atoms with Gasteiger partial charge in [0, 0.05) is 10.2 Å². The molecular formula is C11H11BrN2O5. The molecule has 0 aliphatic carbocycles. The maximum absolute atomic E-state index is 11.0. The van der Waals surface area contributed by atoms with Crippen molar-refractivity contribution in [2.45, 2.75) is 12.5 Å². The van der Waals surface area contributed by atoms with Gasteiger partial charge >= 0.3 is 11.9 Å². The second kappa shape index (κ2) is 6.19. The summed E-state index contributed by atoms with van der Waals surface area (Å²) in [6.07, 6.45) is -0.565. The molecule has 5 N–H and O–H groups in total. The first-order chi connectivity index (χ1) is 8.81. The Morgan fingerprint density at radius 1 is 1.32 bits per heavy atom. The first kappa shape index (κ1) is 15.0. The van der Waals surface area contributed by atoms with E-state index in [0.717, 1.165) is 0 Å². The Labute approximate surface area is 116 Å². The lowest BCUT2D eigenvalue weighted by Gasteiger charge is -2.14. The van der Waals surface area contributed by atoms with E-state index in [2.05, 4.69) is 21.2 Å². The minimum Gasteiger partial charge on any atom is -0.481 e. The van der Waals surface area contributed by atoms with Gasteiger partial charge in [-0.2, -0.15) is 0 Å². The normalized spacial score (nSPS) is 11.6. The third kappa shape index (κ3) is 4.25. The summed E-state index contributed by atoms with van der Waals surface area (Å²) in [5, 5.41) is 20.0. The van der Waals surface area contributed by atoms with Crippen LogP contribution in [0.4, 0.5) is 5.69 Å². The van der Waals surface area contributed by atoms with Crippen molar-refractivity contribution in [3.05, 3.63) is 28.2 Å². The molecule has 7 nitrogen and oxygen atoms in total. The van der Waals surface area contributed by atoms with Gasteiger partial charge in [0.25, 0.3) is 0 Å². The van der Waals surface area contributed by atoms with Crippen molar-refractivity contribution < 1.29 is 24.6 Å². The maximum atomic E-state index is 11.0. The van der Waals surface area contributed by atoms with Gasteiger partial charge in [0.2, 0.25) is 5.91 Å². The number of aliphatic carboxylic acids is 2. The molecule has 0 bridgehead atoms. The van der Waals surface area contributed by atoms with Crippen molar-refractivity contribution in [3.63, 3.8) is 0 Å². The molecule has 0 aliphatic rings. The zero-order valence-corrected chi connectivity index (χ0v) is 11.2. The zero-order chi connectivity index (χ0) is 14.6. The highest BCUT2D eigenvalue weighted by Crippen LogP contribution is 2.22. The molecule has 1 amide bonds. The number of carbonyl (C=O) groups is 3. The van der Waals surface area contributed by atoms with Crippen LogP contribution in [-0.2, 0) is 9.59 Å². The van der Waals surface area contributed by atoms with Gasteiger partial charge < -0.3 is 21.3 Å². The minimum absolute atomic E-state index is 0.246. The molecule has 0 spiro atoms. The summed E-state index contributed by atoms with van der Waals surface area (Å²) in [7, 11) is 0. The Kier molecular flexibility index (Phi) is 4.87. The summed E-state index contributed by atoms with van der Waals surface area (Å²) in [6.45, 7) is 0. The highest BCUT2D eigenvalue weighted by atomic mass is 79.9. The molecule has 0 fully saturated rings. The molecule has 1 aromatic rings. The molecule has 1 unspecified atom stereocenters. The average Bonchev–Trinajstić information content (AvgIpc) is 2.26. The monoisotopic (exact) mass is 330 g/mol. The number of rotatable bonds is 6. The van der Waals surface area contributed by atoms with E-state index in [1.54, 1.807) is 0 Å². The van der Waals surface area contributed by atoms with Crippen molar-refractivity contribution in [1.29, 1.82) is 0 Å². The quantitative estimate of drug-likeness (QED) is 0.612. The van der Waals surface area contributed by atoms with E-state index >= 15 is 0 Å². The summed E-state index contributed by atoms with van der Waals surface area (Å²) in [6, 6.07) is 3.05. The van der Waals surface area contributed by atoms with E-state index in [-0.39, 0.29) is 5.56 Å². The van der Waals surface area contributed by atoms with E-state index in [9.17, 15) is 14.4 Å². The molecule has 1 atom stereocenters. The Bertz CT molecular complexity index is 532. The van der Waals surface area contributed by atoms with Crippen LogP contribution >= 0.6 is 15.9 Å². The highest BCUT2D eigenvalue weighted by Gasteiger charge is 2.21. The predicted molar refractivity (Wildman–Crippen MR) is 70.0 cm³/mol. The van der Waals surface area contributed by atoms with Crippen LogP contribution in [0, 0.1) is 0 Å². The van der Waals surface area contributed by atoms with Gasteiger partial charge in [-0.15, -0.1) is 0 Å². The number of carbonyl (C=O) groups excluding carboxylic acids is 1. The molecule has 1 rings (SSSR count). The van der Waals surface area contributed by atoms with Crippen molar-refractivity contribution in [2.75, 3.05) is 5.32 Å². The van der Waals surface area contributed by atoms with Crippen molar-refractivity contribution in [2.24, 2.45) is 5.73 Å². The number of carboxylic acids is 2. The van der Waals surface area contributed by atoms with E-state index < -0.39 is 30.3 Å². The number of carboxylic acid groups (broad SMARTS) is 2. The molecule has 0 aromatic heterocycles. The fourth-order valence-corrected chi connectivity index (χ4v) is 1.95. The maximum Gasteiger partial charge on any atom is 0.326 e. The summed E-state index contributed by atoms with van der Waals surface area (Å²) < 4.78 is 0.393. The number of anilines is 1. The Morgan fingerprint density at radius 3 is 2.37 bits per heavy atom. The predicted octanol–water partition coefficient (Wildman–Crippen LogP) is 0.888. The number of nitrogens with two attached hydrogens (primary N) is 1. The van der Waals surface area contributed by atoms with Gasteiger partial charge in [0.05, 0.1) is 12.0 Å². The summed E-state index contributed by atoms with van der Waals surface area (Å²) in [4.78, 5) is 32.4. The van der Waals surface area contributed by atoms with Gasteiger partial charge in [-0.25, -0.2) is 4.79 Å². The van der Waals surface area contributed by atoms with Crippen LogP contribution in [0.25, 0.3) is 0 Å². The molecule has 1 aromatic carbocycles. The number of benzene rings is 1. The van der Waals surface area contributed by atoms with Gasteiger partial charge in [0.1, 0.15) is 6.04 Å². The van der Waals surface area contributed by atoms with E-state index in [4.69, 9.17) is 15.9 Å². The fraction of sp³-hybridized carbons (Fsp3) is 0.182. The van der Waals surface area contributed by atoms with E-state index in [1.807, 2.05) is 0 Å². The van der Waals surface area contributed by atoms with Crippen LogP contribution < -0.4 is 11.1 Å². The largest absolute Gasteiger partial charge is 0.481 e. The molecule has 102 valence electrons. The van der Waals surface area contributed by atoms with Crippen LogP contribution in [0.15, 0.2) is 22.7 Å². The Balaban J connectivity index is 2.91. The smallest absolute Gasteiger partial charge is 0.326 e. The van der Waals surface area contributed by atoms with Gasteiger partial charge in [-0.1, -0.05) is 0 Å². The van der Waals surface area contributed by atoms with Crippen molar-refractivity contribution in [3.8, 4) is 0 Å². The van der Waals surface area contributed by atoms with Crippen LogP contribution in [0.5, 0.6) is 0 Å². The molecule has 0 saturated heterocycles. The second-order valence-electron chi connectivity index (χ2n) is 3.69. The molecule has 0 saturated carbocycles. The zero-order valence-electron chi connectivity index (χ0n) is 9.59. The van der Waals surface area contributed by atoms with Gasteiger partial charge in [-0.05, 0) is 34.1 Å². The van der Waals surface area contributed by atoms with Crippen LogP contribution in [0.2, 0.25) is 0 Å². The minimum atomic E-state index is -1.28. The lowest BCUT2D eigenvalue weighted by atomic mass is 10.1. The standard InChI is InChI=1S/C11H11BrN2O5/c12-7-3-5(1-2-6(7)10(13)17)14-8(11(18)19)4-9(15)16/h1-3,8,14H,4H2,(H2,13,17)(H,15,16)(H,18,19). The van der Waals surface area contributed by atoms with Crippen molar-refractivity contribution in [1.82, 2.24) is 0 Å². The third-order valence-corrected chi connectivity index (χ3v) is 2.91. The van der Waals surface area contributed by atoms with E-state index in [1.165, 1.54) is 18.2 Å². The van der Waals surface area contributed by atoms with Gasteiger partial charge in [0.15, 0.2) is 0 Å². The van der Waals surface area contributed by atoms with Crippen LogP contribution in [-0.4, -0.2) is 34.1 Å².